The van der Waals surface area contributed by atoms with Crippen molar-refractivity contribution in [3.8, 4) is 11.6 Å². The van der Waals surface area contributed by atoms with Crippen molar-refractivity contribution in [2.75, 3.05) is 13.7 Å². The monoisotopic (exact) mass is 481 g/mol. The van der Waals surface area contributed by atoms with Crippen molar-refractivity contribution in [3.05, 3.63) is 28.9 Å². The zero-order valence-corrected chi connectivity index (χ0v) is 19.2. The number of ether oxygens (including phenoxy) is 3. The van der Waals surface area contributed by atoms with Gasteiger partial charge in [-0.25, -0.2) is 4.98 Å². The second kappa shape index (κ2) is 8.03. The van der Waals surface area contributed by atoms with E-state index in [0.29, 0.717) is 18.1 Å². The van der Waals surface area contributed by atoms with E-state index in [1.54, 1.807) is 41.0 Å². The Morgan fingerprint density at radius 3 is 2.60 bits per heavy atom. The number of likely N-dealkylation sites (tertiary alicyclic amines) is 1. The summed E-state index contributed by atoms with van der Waals surface area (Å²) in [6, 6.07) is 5.04. The fourth-order valence-electron chi connectivity index (χ4n) is 3.72. The number of fused-ring (bicyclic) bond motifs is 1. The Morgan fingerprint density at radius 1 is 1.30 bits per heavy atom. The average Bonchev–Trinajstić information content (AvgIpc) is 2.97. The largest absolute Gasteiger partial charge is 0.527 e. The summed E-state index contributed by atoms with van der Waals surface area (Å²) in [7, 11) is 1.59. The fraction of sp³-hybridized carbons (Fsp3) is 0.476. The standard InChI is InChI=1S/C21H25BrN2O6/c1-12-8-14(11-24(12,19(25)26)20(27)30-21(2,3)4)29-18-15-10-16(22)17(28-5)9-13(15)6-7-23-18/h6-7,9-10,12,14H,8,11H2,1-5H3/p+1/t12?,14-,24?/m1/s1. The van der Waals surface area contributed by atoms with Crippen LogP contribution in [0.3, 0.4) is 0 Å². The zero-order valence-electron chi connectivity index (χ0n) is 17.6. The maximum atomic E-state index is 12.8. The minimum Gasteiger partial charge on any atom is -0.496 e. The molecule has 0 spiro atoms. The number of nitrogens with zero attached hydrogens (tertiary/aromatic N) is 2. The van der Waals surface area contributed by atoms with Crippen molar-refractivity contribution < 1.29 is 33.4 Å². The van der Waals surface area contributed by atoms with Crippen LogP contribution in [0.15, 0.2) is 28.9 Å². The number of amides is 2. The molecule has 1 N–H and O–H groups in total. The molecule has 0 bridgehead atoms. The number of pyridine rings is 1. The number of halogens is 1. The molecule has 1 saturated heterocycles. The van der Waals surface area contributed by atoms with E-state index in [-0.39, 0.29) is 6.54 Å². The third-order valence-electron chi connectivity index (χ3n) is 5.19. The minimum absolute atomic E-state index is 0.0409. The van der Waals surface area contributed by atoms with E-state index in [1.165, 1.54) is 0 Å². The lowest BCUT2D eigenvalue weighted by molar-refractivity contribution is -0.797. The molecule has 8 nitrogen and oxygen atoms in total. The molecule has 1 aliphatic heterocycles. The Labute approximate surface area is 183 Å². The predicted octanol–water partition coefficient (Wildman–Crippen LogP) is 4.98. The lowest BCUT2D eigenvalue weighted by atomic mass is 10.1. The number of carboxylic acid groups (broad SMARTS) is 1. The van der Waals surface area contributed by atoms with Crippen LogP contribution in [-0.2, 0) is 4.74 Å². The Morgan fingerprint density at radius 2 is 2.00 bits per heavy atom. The predicted molar refractivity (Wildman–Crippen MR) is 114 cm³/mol. The van der Waals surface area contributed by atoms with Crippen LogP contribution >= 0.6 is 15.9 Å². The molecule has 9 heteroatoms. The zero-order chi connectivity index (χ0) is 22.3. The first kappa shape index (κ1) is 22.3. The average molecular weight is 482 g/mol. The van der Waals surface area contributed by atoms with Crippen molar-refractivity contribution in [1.82, 2.24) is 4.98 Å². The number of carbonyl (C=O) groups excluding carboxylic acids is 1. The Kier molecular flexibility index (Phi) is 5.97. The third kappa shape index (κ3) is 4.09. The lowest BCUT2D eigenvalue weighted by Crippen LogP contribution is -2.60. The van der Waals surface area contributed by atoms with Gasteiger partial charge in [-0.05, 0) is 67.2 Å². The molecule has 1 fully saturated rings. The van der Waals surface area contributed by atoms with Gasteiger partial charge in [-0.15, -0.1) is 4.48 Å². The first-order valence-electron chi connectivity index (χ1n) is 9.61. The molecule has 0 aliphatic carbocycles. The summed E-state index contributed by atoms with van der Waals surface area (Å²) in [6.07, 6.45) is -0.548. The van der Waals surface area contributed by atoms with Gasteiger partial charge in [-0.3, -0.25) is 0 Å². The first-order chi connectivity index (χ1) is 14.0. The van der Waals surface area contributed by atoms with E-state index in [0.717, 1.165) is 15.2 Å². The number of hydrogen-bond donors (Lipinski definition) is 1. The highest BCUT2D eigenvalue weighted by Gasteiger charge is 2.60. The van der Waals surface area contributed by atoms with Crippen molar-refractivity contribution in [3.63, 3.8) is 0 Å². The van der Waals surface area contributed by atoms with Gasteiger partial charge in [0.1, 0.15) is 23.9 Å². The second-order valence-electron chi connectivity index (χ2n) is 8.46. The van der Waals surface area contributed by atoms with Gasteiger partial charge in [0.05, 0.1) is 11.6 Å². The number of imide groups is 1. The highest BCUT2D eigenvalue weighted by molar-refractivity contribution is 9.10. The van der Waals surface area contributed by atoms with E-state index in [9.17, 15) is 14.7 Å². The molecule has 162 valence electrons. The number of hydrogen-bond acceptors (Lipinski definition) is 6. The summed E-state index contributed by atoms with van der Waals surface area (Å²) in [5.41, 5.74) is -0.793. The molecule has 2 amide bonds. The molecule has 1 aliphatic rings. The van der Waals surface area contributed by atoms with Gasteiger partial charge < -0.3 is 19.3 Å². The second-order valence-corrected chi connectivity index (χ2v) is 9.32. The summed E-state index contributed by atoms with van der Waals surface area (Å²) < 4.78 is 16.8. The SMILES string of the molecule is COc1cc2ccnc(O[C@@H]3CC(C)[N+](C(=O)O)(C(=O)OC(C)(C)C)C3)c2cc1Br. The van der Waals surface area contributed by atoms with Crippen LogP contribution in [0.4, 0.5) is 9.59 Å². The van der Waals surface area contributed by atoms with E-state index in [1.807, 2.05) is 18.2 Å². The molecule has 3 atom stereocenters. The number of methoxy groups -OCH3 is 1. The molecule has 2 heterocycles. The van der Waals surface area contributed by atoms with Crippen LogP contribution in [0.2, 0.25) is 0 Å². The number of carbonyl (C=O) groups is 2. The maximum absolute atomic E-state index is 12.8. The normalized spacial score (nSPS) is 23.9. The van der Waals surface area contributed by atoms with Crippen molar-refractivity contribution in [2.45, 2.75) is 51.9 Å². The van der Waals surface area contributed by atoms with Gasteiger partial charge in [0.25, 0.3) is 0 Å². The number of rotatable bonds is 3. The van der Waals surface area contributed by atoms with Crippen LogP contribution < -0.4 is 9.47 Å². The highest BCUT2D eigenvalue weighted by Crippen LogP contribution is 2.37. The van der Waals surface area contributed by atoms with Gasteiger partial charge >= 0.3 is 12.2 Å². The number of quaternary nitrogens is 1. The fourth-order valence-corrected chi connectivity index (χ4v) is 4.22. The Balaban J connectivity index is 1.91. The first-order valence-corrected chi connectivity index (χ1v) is 10.4. The molecule has 3 rings (SSSR count). The van der Waals surface area contributed by atoms with Crippen LogP contribution in [0.25, 0.3) is 10.8 Å². The van der Waals surface area contributed by atoms with Crippen molar-refractivity contribution >= 4 is 38.9 Å². The van der Waals surface area contributed by atoms with Gasteiger partial charge in [-0.2, -0.15) is 9.59 Å². The molecule has 1 aromatic heterocycles. The third-order valence-corrected chi connectivity index (χ3v) is 5.81. The van der Waals surface area contributed by atoms with E-state index in [2.05, 4.69) is 20.9 Å². The van der Waals surface area contributed by atoms with Gasteiger partial charge in [0, 0.05) is 18.0 Å². The molecule has 0 radical (unpaired) electrons. The topological polar surface area (TPSA) is 95.0 Å². The van der Waals surface area contributed by atoms with Crippen LogP contribution in [0, 0.1) is 0 Å². The van der Waals surface area contributed by atoms with Crippen LogP contribution in [0.5, 0.6) is 11.6 Å². The molecule has 1 aromatic carbocycles. The number of benzene rings is 1. The lowest BCUT2D eigenvalue weighted by Gasteiger charge is -2.31. The number of aromatic nitrogens is 1. The summed E-state index contributed by atoms with van der Waals surface area (Å²) in [5.74, 6) is 1.06. The van der Waals surface area contributed by atoms with E-state index in [4.69, 9.17) is 14.2 Å². The van der Waals surface area contributed by atoms with Gasteiger partial charge in [-0.1, -0.05) is 0 Å². The molecule has 30 heavy (non-hydrogen) atoms. The Hall–Kier alpha value is -2.39. The quantitative estimate of drug-likeness (QED) is 0.617. The summed E-state index contributed by atoms with van der Waals surface area (Å²) in [4.78, 5) is 29.3. The minimum atomic E-state index is -1.25. The Bertz CT molecular complexity index is 989. The van der Waals surface area contributed by atoms with Crippen molar-refractivity contribution in [2.24, 2.45) is 0 Å². The van der Waals surface area contributed by atoms with E-state index >= 15 is 0 Å². The molecular formula is C21H26BrN2O6+. The van der Waals surface area contributed by atoms with Crippen LogP contribution in [-0.4, -0.2) is 58.2 Å². The molecular weight excluding hydrogens is 456 g/mol. The molecule has 2 unspecified atom stereocenters. The summed E-state index contributed by atoms with van der Waals surface area (Å²) >= 11 is 3.47. The summed E-state index contributed by atoms with van der Waals surface area (Å²) in [5, 5.41) is 11.6. The summed E-state index contributed by atoms with van der Waals surface area (Å²) in [6.45, 7) is 6.82. The van der Waals surface area contributed by atoms with Crippen LogP contribution in [0.1, 0.15) is 34.1 Å². The molecule has 2 aromatic rings. The highest BCUT2D eigenvalue weighted by atomic mass is 79.9. The maximum Gasteiger partial charge on any atom is 0.527 e. The van der Waals surface area contributed by atoms with Gasteiger partial charge in [0.2, 0.25) is 5.88 Å². The molecule has 0 saturated carbocycles. The van der Waals surface area contributed by atoms with E-state index < -0.39 is 34.4 Å². The van der Waals surface area contributed by atoms with Gasteiger partial charge in [0.15, 0.2) is 6.10 Å². The van der Waals surface area contributed by atoms with Crippen molar-refractivity contribution in [1.29, 1.82) is 0 Å². The smallest absolute Gasteiger partial charge is 0.496 e.